The molecule has 1 aliphatic carbocycles. The normalized spacial score (nSPS) is 13.0. The first-order chi connectivity index (χ1) is 10.2. The van der Waals surface area contributed by atoms with E-state index in [2.05, 4.69) is 23.2 Å². The van der Waals surface area contributed by atoms with Crippen LogP contribution in [-0.4, -0.2) is 18.1 Å². The second kappa shape index (κ2) is 5.77. The van der Waals surface area contributed by atoms with Crippen LogP contribution in [0, 0.1) is 0 Å². The largest absolute Gasteiger partial charge is 0.464 e. The van der Waals surface area contributed by atoms with E-state index in [1.54, 1.807) is 12.1 Å². The van der Waals surface area contributed by atoms with Crippen LogP contribution in [0.1, 0.15) is 28.0 Å². The van der Waals surface area contributed by atoms with E-state index < -0.39 is 5.97 Å². The average Bonchev–Trinajstić information content (AvgIpc) is 2.96. The van der Waals surface area contributed by atoms with Crippen molar-refractivity contribution in [1.82, 2.24) is 4.98 Å². The highest BCUT2D eigenvalue weighted by Gasteiger charge is 2.14. The van der Waals surface area contributed by atoms with Gasteiger partial charge in [0.2, 0.25) is 0 Å². The van der Waals surface area contributed by atoms with Crippen molar-refractivity contribution in [3.05, 3.63) is 47.2 Å². The Labute approximate surface area is 127 Å². The van der Waals surface area contributed by atoms with E-state index in [4.69, 9.17) is 10.5 Å². The molecule has 3 rings (SSSR count). The third kappa shape index (κ3) is 2.88. The fourth-order valence-electron chi connectivity index (χ4n) is 2.47. The highest BCUT2D eigenvalue weighted by Crippen LogP contribution is 2.33. The number of nitrogens with zero attached hydrogens (tertiary/aromatic N) is 1. The summed E-state index contributed by atoms with van der Waals surface area (Å²) in [6.45, 7) is 0. The Balaban J connectivity index is 1.89. The zero-order valence-corrected chi connectivity index (χ0v) is 12.6. The molecule has 2 N–H and O–H groups in total. The van der Waals surface area contributed by atoms with Gasteiger partial charge in [-0.15, -0.1) is 0 Å². The van der Waals surface area contributed by atoms with Crippen LogP contribution in [-0.2, 0) is 17.6 Å². The number of rotatable bonds is 3. The molecule has 0 atom stereocenters. The molecule has 0 bridgehead atoms. The van der Waals surface area contributed by atoms with Gasteiger partial charge in [-0.05, 0) is 54.7 Å². The van der Waals surface area contributed by atoms with Crippen LogP contribution in [0.15, 0.2) is 40.3 Å². The lowest BCUT2D eigenvalue weighted by Crippen LogP contribution is -2.05. The molecular formula is C16H16N2O2S. The highest BCUT2D eigenvalue weighted by atomic mass is 32.2. The number of hydrogen-bond donors (Lipinski definition) is 1. The minimum Gasteiger partial charge on any atom is -0.464 e. The average molecular weight is 300 g/mol. The molecule has 0 aliphatic heterocycles. The lowest BCUT2D eigenvalue weighted by Gasteiger charge is -2.08. The summed E-state index contributed by atoms with van der Waals surface area (Å²) in [5.74, 6) is -0.453. The van der Waals surface area contributed by atoms with Gasteiger partial charge < -0.3 is 10.5 Å². The van der Waals surface area contributed by atoms with E-state index in [0.717, 1.165) is 11.3 Å². The van der Waals surface area contributed by atoms with Gasteiger partial charge in [0, 0.05) is 4.90 Å². The van der Waals surface area contributed by atoms with Crippen molar-refractivity contribution < 1.29 is 9.53 Å². The molecule has 0 amide bonds. The van der Waals surface area contributed by atoms with Gasteiger partial charge in [-0.2, -0.15) is 0 Å². The number of nitrogen functional groups attached to an aromatic ring is 1. The molecule has 4 nitrogen and oxygen atoms in total. The number of aryl methyl sites for hydroxylation is 2. The van der Waals surface area contributed by atoms with Crippen molar-refractivity contribution in [3.63, 3.8) is 0 Å². The number of benzene rings is 1. The summed E-state index contributed by atoms with van der Waals surface area (Å²) in [6.07, 6.45) is 3.52. The number of carbonyl (C=O) groups excluding carboxylic acids is 1. The van der Waals surface area contributed by atoms with Gasteiger partial charge >= 0.3 is 5.97 Å². The molecule has 0 unspecified atom stereocenters. The van der Waals surface area contributed by atoms with Gasteiger partial charge in [0.05, 0.1) is 12.8 Å². The summed E-state index contributed by atoms with van der Waals surface area (Å²) in [5, 5.41) is 0.635. The molecule has 5 heteroatoms. The maximum atomic E-state index is 11.5. The quantitative estimate of drug-likeness (QED) is 0.882. The van der Waals surface area contributed by atoms with Gasteiger partial charge in [0.25, 0.3) is 0 Å². The third-order valence-electron chi connectivity index (χ3n) is 3.57. The van der Waals surface area contributed by atoms with E-state index in [-0.39, 0.29) is 5.69 Å². The van der Waals surface area contributed by atoms with Gasteiger partial charge in [0.15, 0.2) is 0 Å². The molecule has 0 saturated heterocycles. The molecule has 0 saturated carbocycles. The number of hydrogen-bond acceptors (Lipinski definition) is 5. The second-order valence-corrected chi connectivity index (χ2v) is 6.03. The summed E-state index contributed by atoms with van der Waals surface area (Å²) >= 11 is 1.48. The smallest absolute Gasteiger partial charge is 0.356 e. The van der Waals surface area contributed by atoms with Crippen LogP contribution in [0.4, 0.5) is 5.69 Å². The van der Waals surface area contributed by atoms with E-state index in [1.165, 1.54) is 42.8 Å². The molecule has 0 spiro atoms. The molecular weight excluding hydrogens is 284 g/mol. The molecule has 1 aromatic carbocycles. The van der Waals surface area contributed by atoms with Crippen molar-refractivity contribution in [2.45, 2.75) is 29.2 Å². The maximum Gasteiger partial charge on any atom is 0.356 e. The topological polar surface area (TPSA) is 65.2 Å². The van der Waals surface area contributed by atoms with Gasteiger partial charge in [-0.1, -0.05) is 17.8 Å². The van der Waals surface area contributed by atoms with Crippen molar-refractivity contribution in [2.75, 3.05) is 12.8 Å². The fourth-order valence-corrected chi connectivity index (χ4v) is 3.36. The summed E-state index contributed by atoms with van der Waals surface area (Å²) in [5.41, 5.74) is 9.63. The number of aromatic nitrogens is 1. The van der Waals surface area contributed by atoms with Crippen LogP contribution in [0.5, 0.6) is 0 Å². The standard InChI is InChI=1S/C16H16N2O2S/c1-20-16(19)14-8-7-13(17)15(18-14)21-12-6-5-10-3-2-4-11(10)9-12/h5-9H,2-4,17H2,1H3. The summed E-state index contributed by atoms with van der Waals surface area (Å²) < 4.78 is 4.69. The predicted molar refractivity (Wildman–Crippen MR) is 82.6 cm³/mol. The first kappa shape index (κ1) is 13.9. The highest BCUT2D eigenvalue weighted by molar-refractivity contribution is 7.99. The molecule has 0 radical (unpaired) electrons. The van der Waals surface area contributed by atoms with E-state index in [1.807, 2.05) is 0 Å². The van der Waals surface area contributed by atoms with E-state index in [9.17, 15) is 4.79 Å². The molecule has 108 valence electrons. The number of nitrogens with two attached hydrogens (primary N) is 1. The minimum atomic E-state index is -0.453. The third-order valence-corrected chi connectivity index (χ3v) is 4.58. The molecule has 1 aliphatic rings. The Hall–Kier alpha value is -2.01. The second-order valence-electron chi connectivity index (χ2n) is 4.97. The van der Waals surface area contributed by atoms with E-state index >= 15 is 0 Å². The van der Waals surface area contributed by atoms with Crippen LogP contribution in [0.3, 0.4) is 0 Å². The predicted octanol–water partition coefficient (Wildman–Crippen LogP) is 3.09. The number of esters is 1. The lowest BCUT2D eigenvalue weighted by molar-refractivity contribution is 0.0593. The van der Waals surface area contributed by atoms with Gasteiger partial charge in [-0.3, -0.25) is 0 Å². The van der Waals surface area contributed by atoms with Crippen molar-refractivity contribution in [1.29, 1.82) is 0 Å². The van der Waals surface area contributed by atoms with Crippen LogP contribution in [0.25, 0.3) is 0 Å². The summed E-state index contributed by atoms with van der Waals surface area (Å²) in [6, 6.07) is 9.72. The monoisotopic (exact) mass is 300 g/mol. The van der Waals surface area contributed by atoms with Crippen LogP contribution < -0.4 is 5.73 Å². The Morgan fingerprint density at radius 1 is 1.24 bits per heavy atom. The molecule has 0 fully saturated rings. The van der Waals surface area contributed by atoms with Gasteiger partial charge in [0.1, 0.15) is 10.7 Å². The minimum absolute atomic E-state index is 0.273. The molecule has 1 aromatic heterocycles. The van der Waals surface area contributed by atoms with Crippen molar-refractivity contribution >= 4 is 23.4 Å². The van der Waals surface area contributed by atoms with Crippen molar-refractivity contribution in [3.8, 4) is 0 Å². The zero-order chi connectivity index (χ0) is 14.8. The first-order valence-corrected chi connectivity index (χ1v) is 7.63. The Bertz CT molecular complexity index is 701. The zero-order valence-electron chi connectivity index (χ0n) is 11.8. The first-order valence-electron chi connectivity index (χ1n) is 6.82. The number of anilines is 1. The van der Waals surface area contributed by atoms with Crippen LogP contribution >= 0.6 is 11.8 Å². The maximum absolute atomic E-state index is 11.5. The van der Waals surface area contributed by atoms with Gasteiger partial charge in [-0.25, -0.2) is 9.78 Å². The molecule has 1 heterocycles. The molecule has 2 aromatic rings. The lowest BCUT2D eigenvalue weighted by atomic mass is 10.1. The summed E-state index contributed by atoms with van der Waals surface area (Å²) in [7, 11) is 1.34. The Morgan fingerprint density at radius 3 is 2.86 bits per heavy atom. The fraction of sp³-hybridized carbons (Fsp3) is 0.250. The number of ether oxygens (including phenoxy) is 1. The number of pyridine rings is 1. The molecule has 21 heavy (non-hydrogen) atoms. The number of methoxy groups -OCH3 is 1. The van der Waals surface area contributed by atoms with E-state index in [0.29, 0.717) is 10.7 Å². The van der Waals surface area contributed by atoms with Crippen molar-refractivity contribution in [2.24, 2.45) is 0 Å². The Kier molecular flexibility index (Phi) is 3.84. The van der Waals surface area contributed by atoms with Crippen LogP contribution in [0.2, 0.25) is 0 Å². The Morgan fingerprint density at radius 2 is 2.05 bits per heavy atom. The number of carbonyl (C=O) groups is 1. The summed E-state index contributed by atoms with van der Waals surface area (Å²) in [4.78, 5) is 16.9. The SMILES string of the molecule is COC(=O)c1ccc(N)c(Sc2ccc3c(c2)CCC3)n1. The number of fused-ring (bicyclic) bond motifs is 1.